The highest BCUT2D eigenvalue weighted by Gasteiger charge is 2.18. The molecular formula is C24H16Cl2N4OS. The second kappa shape index (κ2) is 8.47. The molecular weight excluding hydrogens is 463 g/mol. The Kier molecular flexibility index (Phi) is 5.51. The van der Waals surface area contributed by atoms with E-state index in [2.05, 4.69) is 20.3 Å². The van der Waals surface area contributed by atoms with Crippen molar-refractivity contribution in [3.63, 3.8) is 0 Å². The predicted molar refractivity (Wildman–Crippen MR) is 131 cm³/mol. The normalized spacial score (nSPS) is 11.2. The molecule has 2 heterocycles. The van der Waals surface area contributed by atoms with E-state index in [9.17, 15) is 4.79 Å². The number of para-hydroxylation sites is 3. The van der Waals surface area contributed by atoms with Crippen molar-refractivity contribution in [2.45, 2.75) is 17.0 Å². The topological polar surface area (TPSA) is 70.7 Å². The van der Waals surface area contributed by atoms with Crippen LogP contribution in [0, 0.1) is 6.92 Å². The van der Waals surface area contributed by atoms with Crippen LogP contribution in [0.25, 0.3) is 21.9 Å². The fourth-order valence-corrected chi connectivity index (χ4v) is 5.06. The first kappa shape index (κ1) is 20.8. The van der Waals surface area contributed by atoms with Gasteiger partial charge in [0.2, 0.25) is 0 Å². The van der Waals surface area contributed by atoms with Crippen LogP contribution in [0.5, 0.6) is 0 Å². The molecule has 0 saturated carbocycles. The summed E-state index contributed by atoms with van der Waals surface area (Å²) in [6, 6.07) is 18.6. The molecule has 2 N–H and O–H groups in total. The predicted octanol–water partition coefficient (Wildman–Crippen LogP) is 7.13. The summed E-state index contributed by atoms with van der Waals surface area (Å²) in [5, 5.41) is 5.20. The lowest BCUT2D eigenvalue weighted by molar-refractivity contribution is 0.102. The Morgan fingerprint density at radius 1 is 1.00 bits per heavy atom. The highest BCUT2D eigenvalue weighted by atomic mass is 35.5. The van der Waals surface area contributed by atoms with Gasteiger partial charge in [-0.1, -0.05) is 65.3 Å². The van der Waals surface area contributed by atoms with Crippen molar-refractivity contribution in [2.75, 3.05) is 5.32 Å². The molecule has 8 heteroatoms. The Morgan fingerprint density at radius 2 is 1.75 bits per heavy atom. The van der Waals surface area contributed by atoms with Crippen molar-refractivity contribution in [1.29, 1.82) is 0 Å². The third kappa shape index (κ3) is 3.81. The largest absolute Gasteiger partial charge is 0.333 e. The van der Waals surface area contributed by atoms with Crippen molar-refractivity contribution in [3.05, 3.63) is 88.0 Å². The summed E-state index contributed by atoms with van der Waals surface area (Å²) in [6.07, 6.45) is 1.80. The molecule has 5 nitrogen and oxygen atoms in total. The van der Waals surface area contributed by atoms with Gasteiger partial charge < -0.3 is 10.3 Å². The lowest BCUT2D eigenvalue weighted by Gasteiger charge is -2.13. The van der Waals surface area contributed by atoms with Gasteiger partial charge in [0.1, 0.15) is 0 Å². The highest BCUT2D eigenvalue weighted by Crippen LogP contribution is 2.37. The number of hydrogen-bond donors (Lipinski definition) is 2. The number of pyridine rings is 1. The smallest absolute Gasteiger partial charge is 0.258 e. The van der Waals surface area contributed by atoms with Crippen molar-refractivity contribution in [1.82, 2.24) is 15.0 Å². The number of hydrogen-bond acceptors (Lipinski definition) is 4. The minimum absolute atomic E-state index is 0.233. The number of imidazole rings is 1. The minimum atomic E-state index is -0.387. The van der Waals surface area contributed by atoms with Gasteiger partial charge in [-0.25, -0.2) is 4.98 Å². The summed E-state index contributed by atoms with van der Waals surface area (Å²) >= 11 is 13.9. The number of fused-ring (bicyclic) bond motifs is 2. The van der Waals surface area contributed by atoms with Gasteiger partial charge in [0.25, 0.3) is 5.91 Å². The van der Waals surface area contributed by atoms with Gasteiger partial charge in [0.05, 0.1) is 37.8 Å². The molecule has 5 aromatic rings. The van der Waals surface area contributed by atoms with E-state index in [1.807, 2.05) is 49.4 Å². The van der Waals surface area contributed by atoms with Crippen LogP contribution < -0.4 is 5.32 Å². The summed E-state index contributed by atoms with van der Waals surface area (Å²) < 4.78 is 0. The molecule has 5 rings (SSSR count). The zero-order valence-corrected chi connectivity index (χ0v) is 19.1. The fraction of sp³-hybridized carbons (Fsp3) is 0.0417. The first-order valence-corrected chi connectivity index (χ1v) is 11.3. The maximum Gasteiger partial charge on any atom is 0.258 e. The molecule has 0 radical (unpaired) electrons. The van der Waals surface area contributed by atoms with Crippen LogP contribution in [-0.2, 0) is 0 Å². The van der Waals surface area contributed by atoms with Gasteiger partial charge in [-0.2, -0.15) is 0 Å². The number of carbonyl (C=O) groups is 1. The molecule has 0 aliphatic rings. The monoisotopic (exact) mass is 478 g/mol. The number of carbonyl (C=O) groups excluding carboxylic acids is 1. The third-order valence-corrected chi connectivity index (χ3v) is 6.79. The number of nitrogens with one attached hydrogen (secondary N) is 2. The molecule has 0 spiro atoms. The van der Waals surface area contributed by atoms with Crippen LogP contribution in [0.2, 0.25) is 10.0 Å². The van der Waals surface area contributed by atoms with Crippen LogP contribution in [0.3, 0.4) is 0 Å². The Balaban J connectivity index is 1.54. The molecule has 1 amide bonds. The average Bonchev–Trinajstić information content (AvgIpc) is 3.18. The average molecular weight is 479 g/mol. The number of amides is 1. The molecule has 0 atom stereocenters. The van der Waals surface area contributed by atoms with E-state index in [1.54, 1.807) is 24.4 Å². The van der Waals surface area contributed by atoms with Gasteiger partial charge in [0.15, 0.2) is 5.16 Å². The SMILES string of the molecule is Cc1cnc2c(NC(=O)c3c(Cl)cccc3Cl)cccc2c1Sc1nc2ccccc2[nH]1. The van der Waals surface area contributed by atoms with Crippen molar-refractivity contribution >= 4 is 68.5 Å². The summed E-state index contributed by atoms with van der Waals surface area (Å²) in [6.45, 7) is 2.01. The lowest BCUT2D eigenvalue weighted by Crippen LogP contribution is -2.13. The zero-order chi connectivity index (χ0) is 22.2. The van der Waals surface area contributed by atoms with E-state index in [0.29, 0.717) is 21.2 Å². The maximum absolute atomic E-state index is 12.9. The molecule has 158 valence electrons. The number of halogens is 2. The van der Waals surface area contributed by atoms with Gasteiger partial charge in [0, 0.05) is 16.5 Å². The number of aromatic nitrogens is 3. The Morgan fingerprint density at radius 3 is 2.53 bits per heavy atom. The van der Waals surface area contributed by atoms with Crippen LogP contribution in [0.1, 0.15) is 15.9 Å². The first-order chi connectivity index (χ1) is 15.5. The van der Waals surface area contributed by atoms with Crippen molar-refractivity contribution < 1.29 is 4.79 Å². The molecule has 3 aromatic carbocycles. The minimum Gasteiger partial charge on any atom is -0.333 e. The standard InChI is InChI=1S/C24H16Cl2N4OS/c1-13-12-27-21-14(22(13)32-24-29-17-9-2-3-10-18(17)30-24)6-4-11-19(21)28-23(31)20-15(25)7-5-8-16(20)26/h2-12H,1H3,(H,28,31)(H,29,30). The number of rotatable bonds is 4. The molecule has 0 aliphatic heterocycles. The number of benzene rings is 3. The van der Waals surface area contributed by atoms with Crippen molar-refractivity contribution in [2.24, 2.45) is 0 Å². The van der Waals surface area contributed by atoms with Crippen LogP contribution in [-0.4, -0.2) is 20.9 Å². The zero-order valence-electron chi connectivity index (χ0n) is 16.8. The summed E-state index contributed by atoms with van der Waals surface area (Å²) in [7, 11) is 0. The van der Waals surface area contributed by atoms with E-state index in [0.717, 1.165) is 32.0 Å². The van der Waals surface area contributed by atoms with Gasteiger partial charge in [-0.15, -0.1) is 0 Å². The summed E-state index contributed by atoms with van der Waals surface area (Å²) in [5.41, 5.74) is 4.40. The Bertz CT molecular complexity index is 1450. The van der Waals surface area contributed by atoms with Gasteiger partial charge >= 0.3 is 0 Å². The highest BCUT2D eigenvalue weighted by molar-refractivity contribution is 7.99. The quantitative estimate of drug-likeness (QED) is 0.288. The Labute approximate surface area is 198 Å². The van der Waals surface area contributed by atoms with E-state index in [1.165, 1.54) is 11.8 Å². The van der Waals surface area contributed by atoms with E-state index < -0.39 is 0 Å². The van der Waals surface area contributed by atoms with E-state index in [-0.39, 0.29) is 11.5 Å². The number of H-pyrrole nitrogens is 1. The Hall–Kier alpha value is -3.06. The van der Waals surface area contributed by atoms with Crippen LogP contribution in [0.15, 0.2) is 76.9 Å². The number of anilines is 1. The molecule has 0 fully saturated rings. The van der Waals surface area contributed by atoms with Crippen LogP contribution in [0.4, 0.5) is 5.69 Å². The third-order valence-electron chi connectivity index (χ3n) is 5.03. The first-order valence-electron chi connectivity index (χ1n) is 9.77. The second-order valence-electron chi connectivity index (χ2n) is 7.18. The maximum atomic E-state index is 12.9. The molecule has 0 unspecified atom stereocenters. The molecule has 0 saturated heterocycles. The van der Waals surface area contributed by atoms with E-state index >= 15 is 0 Å². The van der Waals surface area contributed by atoms with E-state index in [4.69, 9.17) is 23.2 Å². The van der Waals surface area contributed by atoms with Gasteiger partial charge in [-0.05, 0) is 42.8 Å². The lowest BCUT2D eigenvalue weighted by atomic mass is 10.1. The van der Waals surface area contributed by atoms with Gasteiger partial charge in [-0.3, -0.25) is 9.78 Å². The second-order valence-corrected chi connectivity index (χ2v) is 9.00. The summed E-state index contributed by atoms with van der Waals surface area (Å²) in [5.74, 6) is -0.387. The molecule has 0 bridgehead atoms. The number of aryl methyl sites for hydroxylation is 1. The number of nitrogens with zero attached hydrogens (tertiary/aromatic N) is 2. The molecule has 2 aromatic heterocycles. The van der Waals surface area contributed by atoms with Crippen molar-refractivity contribution in [3.8, 4) is 0 Å². The molecule has 32 heavy (non-hydrogen) atoms. The molecule has 0 aliphatic carbocycles. The fourth-order valence-electron chi connectivity index (χ4n) is 3.51. The number of aromatic amines is 1. The van der Waals surface area contributed by atoms with Crippen LogP contribution >= 0.6 is 35.0 Å². The summed E-state index contributed by atoms with van der Waals surface area (Å²) in [4.78, 5) is 26.5.